The van der Waals surface area contributed by atoms with Crippen LogP contribution in [0, 0.1) is 5.92 Å². The molecule has 1 nitrogen and oxygen atoms in total. The molecule has 0 aromatic rings. The number of rotatable bonds is 5. The first-order valence-corrected chi connectivity index (χ1v) is 5.41. The van der Waals surface area contributed by atoms with Crippen molar-refractivity contribution >= 4 is 0 Å². The predicted molar refractivity (Wildman–Crippen MR) is 58.8 cm³/mol. The van der Waals surface area contributed by atoms with E-state index in [2.05, 4.69) is 26.1 Å². The molecule has 0 saturated heterocycles. The fraction of sp³-hybridized carbons (Fsp3) is 1.00. The fourth-order valence-corrected chi connectivity index (χ4v) is 0.746. The van der Waals surface area contributed by atoms with Gasteiger partial charge in [-0.15, -0.1) is 0 Å². The Morgan fingerprint density at radius 2 is 1.54 bits per heavy atom. The third-order valence-corrected chi connectivity index (χ3v) is 2.01. The zero-order valence-corrected chi connectivity index (χ0v) is 10.0. The quantitative estimate of drug-likeness (QED) is 0.702. The summed E-state index contributed by atoms with van der Waals surface area (Å²) in [6.45, 7) is 12.8. The Labute approximate surface area is 83.1 Å². The van der Waals surface area contributed by atoms with Crippen molar-refractivity contribution in [2.45, 2.75) is 60.2 Å². The Bertz CT molecular complexity index is 92.1. The maximum atomic E-state index is 12.3. The molecule has 0 aromatic heterocycles. The van der Waals surface area contributed by atoms with Crippen LogP contribution in [0.2, 0.25) is 0 Å². The molecule has 2 atom stereocenters. The molecule has 0 aliphatic rings. The van der Waals surface area contributed by atoms with E-state index >= 15 is 0 Å². The van der Waals surface area contributed by atoms with Gasteiger partial charge in [0.15, 0.2) is 0 Å². The number of hydrogen-bond acceptors (Lipinski definition) is 1. The van der Waals surface area contributed by atoms with Gasteiger partial charge in [-0.05, 0) is 32.7 Å². The Morgan fingerprint density at radius 3 is 1.85 bits per heavy atom. The average molecular weight is 191 g/mol. The van der Waals surface area contributed by atoms with Crippen LogP contribution in [0.25, 0.3) is 0 Å². The van der Waals surface area contributed by atoms with Crippen LogP contribution in [-0.4, -0.2) is 18.8 Å². The minimum Gasteiger partial charge on any atom is -0.314 e. The summed E-state index contributed by atoms with van der Waals surface area (Å²) < 4.78 is 12.3. The van der Waals surface area contributed by atoms with Crippen molar-refractivity contribution in [2.75, 3.05) is 6.54 Å². The second kappa shape index (κ2) is 9.97. The Morgan fingerprint density at radius 1 is 1.08 bits per heavy atom. The van der Waals surface area contributed by atoms with Gasteiger partial charge in [0.05, 0.1) is 6.17 Å². The van der Waals surface area contributed by atoms with Crippen molar-refractivity contribution in [2.24, 2.45) is 5.92 Å². The molecule has 2 heteroatoms. The van der Waals surface area contributed by atoms with Crippen molar-refractivity contribution in [3.8, 4) is 0 Å². The van der Waals surface area contributed by atoms with E-state index in [1.807, 2.05) is 13.8 Å². The Hall–Kier alpha value is -0.110. The molecule has 2 unspecified atom stereocenters. The van der Waals surface area contributed by atoms with Gasteiger partial charge in [0, 0.05) is 6.04 Å². The Kier molecular flexibility index (Phi) is 11.8. The largest absolute Gasteiger partial charge is 0.314 e. The molecule has 0 spiro atoms. The van der Waals surface area contributed by atoms with Gasteiger partial charge >= 0.3 is 0 Å². The standard InChI is InChI=1S/C9H20FN.C2H6/c1-7(2)9(4)11-6-5-8(3)10;1-2/h7-9,11H,5-6H2,1-4H3;1-2H3. The first-order valence-electron chi connectivity index (χ1n) is 5.41. The lowest BCUT2D eigenvalue weighted by Crippen LogP contribution is -2.32. The molecule has 0 rings (SSSR count). The van der Waals surface area contributed by atoms with Crippen LogP contribution in [0.1, 0.15) is 48.0 Å². The second-order valence-electron chi connectivity index (χ2n) is 3.56. The summed E-state index contributed by atoms with van der Waals surface area (Å²) in [5.74, 6) is 0.630. The van der Waals surface area contributed by atoms with E-state index in [4.69, 9.17) is 0 Å². The third-order valence-electron chi connectivity index (χ3n) is 2.01. The molecule has 0 bridgehead atoms. The van der Waals surface area contributed by atoms with Gasteiger partial charge in [-0.3, -0.25) is 0 Å². The maximum absolute atomic E-state index is 12.3. The van der Waals surface area contributed by atoms with Gasteiger partial charge < -0.3 is 5.32 Å². The highest BCUT2D eigenvalue weighted by Gasteiger charge is 2.05. The minimum absolute atomic E-state index is 0.494. The summed E-state index contributed by atoms with van der Waals surface area (Å²) in [7, 11) is 0. The predicted octanol–water partition coefficient (Wildman–Crippen LogP) is 3.39. The molecule has 13 heavy (non-hydrogen) atoms. The molecule has 0 aliphatic heterocycles. The van der Waals surface area contributed by atoms with E-state index in [1.54, 1.807) is 6.92 Å². The van der Waals surface area contributed by atoms with Crippen molar-refractivity contribution in [1.29, 1.82) is 0 Å². The average Bonchev–Trinajstić information content (AvgIpc) is 2.07. The Balaban J connectivity index is 0. The zero-order chi connectivity index (χ0) is 10.9. The van der Waals surface area contributed by atoms with Gasteiger partial charge in [-0.2, -0.15) is 0 Å². The van der Waals surface area contributed by atoms with E-state index < -0.39 is 6.17 Å². The first-order chi connectivity index (χ1) is 6.04. The second-order valence-corrected chi connectivity index (χ2v) is 3.56. The SMILES string of the molecule is CC.CC(F)CCNC(C)C(C)C. The highest BCUT2D eigenvalue weighted by atomic mass is 19.1. The lowest BCUT2D eigenvalue weighted by atomic mass is 10.1. The summed E-state index contributed by atoms with van der Waals surface area (Å²) >= 11 is 0. The van der Waals surface area contributed by atoms with Gasteiger partial charge in [0.25, 0.3) is 0 Å². The molecule has 1 N–H and O–H groups in total. The molecule has 0 fully saturated rings. The van der Waals surface area contributed by atoms with Crippen LogP contribution < -0.4 is 5.32 Å². The molecule has 0 heterocycles. The molecule has 0 radical (unpaired) electrons. The lowest BCUT2D eigenvalue weighted by Gasteiger charge is -2.17. The van der Waals surface area contributed by atoms with Crippen LogP contribution in [-0.2, 0) is 0 Å². The molecule has 0 aromatic carbocycles. The lowest BCUT2D eigenvalue weighted by molar-refractivity contribution is 0.321. The summed E-state index contributed by atoms with van der Waals surface area (Å²) in [5, 5.41) is 3.27. The zero-order valence-electron chi connectivity index (χ0n) is 10.0. The number of alkyl halides is 1. The van der Waals surface area contributed by atoms with E-state index in [-0.39, 0.29) is 0 Å². The summed E-state index contributed by atoms with van der Waals surface area (Å²) in [6, 6.07) is 0.494. The number of hydrogen-bond donors (Lipinski definition) is 1. The molecule has 0 saturated carbocycles. The van der Waals surface area contributed by atoms with Gasteiger partial charge in [0.1, 0.15) is 0 Å². The summed E-state index contributed by atoms with van der Waals surface area (Å²) in [5.41, 5.74) is 0. The van der Waals surface area contributed by atoms with E-state index in [9.17, 15) is 4.39 Å². The number of nitrogens with one attached hydrogen (secondary N) is 1. The molecular weight excluding hydrogens is 165 g/mol. The smallest absolute Gasteiger partial charge is 0.0985 e. The van der Waals surface area contributed by atoms with E-state index in [1.165, 1.54) is 0 Å². The van der Waals surface area contributed by atoms with Crippen LogP contribution in [0.5, 0.6) is 0 Å². The topological polar surface area (TPSA) is 12.0 Å². The fourth-order valence-electron chi connectivity index (χ4n) is 0.746. The van der Waals surface area contributed by atoms with Crippen LogP contribution >= 0.6 is 0 Å². The molecule has 0 aliphatic carbocycles. The normalized spacial score (nSPS) is 14.8. The van der Waals surface area contributed by atoms with Crippen LogP contribution in [0.3, 0.4) is 0 Å². The molecule has 0 amide bonds. The summed E-state index contributed by atoms with van der Waals surface area (Å²) in [4.78, 5) is 0. The highest BCUT2D eigenvalue weighted by molar-refractivity contribution is 4.64. The van der Waals surface area contributed by atoms with Crippen molar-refractivity contribution in [3.05, 3.63) is 0 Å². The van der Waals surface area contributed by atoms with Crippen molar-refractivity contribution in [3.63, 3.8) is 0 Å². The summed E-state index contributed by atoms with van der Waals surface area (Å²) in [6.07, 6.45) is -0.0567. The van der Waals surface area contributed by atoms with Crippen LogP contribution in [0.4, 0.5) is 4.39 Å². The van der Waals surface area contributed by atoms with E-state index in [0.29, 0.717) is 18.4 Å². The maximum Gasteiger partial charge on any atom is 0.0985 e. The van der Waals surface area contributed by atoms with Gasteiger partial charge in [-0.25, -0.2) is 4.39 Å². The third kappa shape index (κ3) is 11.9. The number of halogens is 1. The van der Waals surface area contributed by atoms with Crippen molar-refractivity contribution < 1.29 is 4.39 Å². The monoisotopic (exact) mass is 191 g/mol. The van der Waals surface area contributed by atoms with Crippen molar-refractivity contribution in [1.82, 2.24) is 5.32 Å². The molecule has 82 valence electrons. The molecular formula is C11H26FN. The minimum atomic E-state index is -0.679. The first kappa shape index (κ1) is 15.4. The van der Waals surface area contributed by atoms with Gasteiger partial charge in [-0.1, -0.05) is 27.7 Å². The van der Waals surface area contributed by atoms with Gasteiger partial charge in [0.2, 0.25) is 0 Å². The van der Waals surface area contributed by atoms with Crippen LogP contribution in [0.15, 0.2) is 0 Å². The van der Waals surface area contributed by atoms with E-state index in [0.717, 1.165) is 6.54 Å². The highest BCUT2D eigenvalue weighted by Crippen LogP contribution is 2.00.